The second-order valence-corrected chi connectivity index (χ2v) is 11.6. The monoisotopic (exact) mass is 586 g/mol. The molecule has 41 heavy (non-hydrogen) atoms. The van der Waals surface area contributed by atoms with Crippen LogP contribution in [0.4, 0.5) is 28.9 Å². The van der Waals surface area contributed by atoms with E-state index in [-0.39, 0.29) is 21.8 Å². The molecule has 1 aliphatic rings. The van der Waals surface area contributed by atoms with E-state index < -0.39 is 30.1 Å². The highest BCUT2D eigenvalue weighted by Gasteiger charge is 2.47. The number of nitrogens with zero attached hydrogens (tertiary/aromatic N) is 6. The van der Waals surface area contributed by atoms with E-state index in [1.165, 1.54) is 12.3 Å². The SMILES string of the molecule is Cc1nc(F)ccc1[C@H](Nc1cc(Cl)c2ncc(C#N)c(NCC(C)(C)C(F)(F)F)c2c1)c1cn(C2(C)CC2)nn1. The van der Waals surface area contributed by atoms with Gasteiger partial charge in [0.15, 0.2) is 0 Å². The minimum Gasteiger partial charge on any atom is -0.382 e. The number of aryl methyl sites for hydroxylation is 1. The Labute approximate surface area is 238 Å². The molecule has 0 bridgehead atoms. The van der Waals surface area contributed by atoms with Crippen molar-refractivity contribution in [1.29, 1.82) is 5.26 Å². The van der Waals surface area contributed by atoms with Crippen molar-refractivity contribution in [2.45, 2.75) is 58.3 Å². The fourth-order valence-electron chi connectivity index (χ4n) is 4.43. The number of anilines is 2. The number of aromatic nitrogens is 5. The summed E-state index contributed by atoms with van der Waals surface area (Å²) in [6.07, 6.45) is 0.583. The lowest BCUT2D eigenvalue weighted by atomic mass is 9.92. The van der Waals surface area contributed by atoms with Gasteiger partial charge in [-0.25, -0.2) is 9.67 Å². The highest BCUT2D eigenvalue weighted by Crippen LogP contribution is 2.43. The van der Waals surface area contributed by atoms with Crippen molar-refractivity contribution in [3.63, 3.8) is 0 Å². The number of halogens is 5. The van der Waals surface area contributed by atoms with Crippen molar-refractivity contribution >= 4 is 33.9 Å². The van der Waals surface area contributed by atoms with Gasteiger partial charge in [0.05, 0.1) is 45.0 Å². The maximum absolute atomic E-state index is 13.9. The van der Waals surface area contributed by atoms with Crippen LogP contribution in [0.3, 0.4) is 0 Å². The van der Waals surface area contributed by atoms with Crippen LogP contribution in [0.1, 0.15) is 62.2 Å². The largest absolute Gasteiger partial charge is 0.395 e. The molecule has 1 saturated carbocycles. The van der Waals surface area contributed by atoms with Crippen LogP contribution in [0.5, 0.6) is 0 Å². The molecule has 1 aromatic carbocycles. The second-order valence-electron chi connectivity index (χ2n) is 11.2. The third-order valence-electron chi connectivity index (χ3n) is 7.57. The summed E-state index contributed by atoms with van der Waals surface area (Å²) in [5.74, 6) is -0.625. The van der Waals surface area contributed by atoms with Crippen molar-refractivity contribution in [2.75, 3.05) is 17.2 Å². The summed E-state index contributed by atoms with van der Waals surface area (Å²) in [5.41, 5.74) is 0.491. The number of hydrogen-bond donors (Lipinski definition) is 2. The van der Waals surface area contributed by atoms with Gasteiger partial charge in [-0.05, 0) is 58.7 Å². The van der Waals surface area contributed by atoms with Crippen molar-refractivity contribution < 1.29 is 17.6 Å². The summed E-state index contributed by atoms with van der Waals surface area (Å²) in [4.78, 5) is 8.25. The van der Waals surface area contributed by atoms with Crippen molar-refractivity contribution in [1.82, 2.24) is 25.0 Å². The van der Waals surface area contributed by atoms with Gasteiger partial charge < -0.3 is 10.6 Å². The van der Waals surface area contributed by atoms with E-state index in [2.05, 4.69) is 37.8 Å². The number of nitrogens with one attached hydrogen (secondary N) is 2. The fourth-order valence-corrected chi connectivity index (χ4v) is 4.70. The van der Waals surface area contributed by atoms with Crippen LogP contribution in [0.25, 0.3) is 10.9 Å². The van der Waals surface area contributed by atoms with Crippen LogP contribution in [-0.2, 0) is 5.54 Å². The molecule has 0 amide bonds. The number of pyridine rings is 2. The molecule has 2 N–H and O–H groups in total. The van der Waals surface area contributed by atoms with Gasteiger partial charge in [0.25, 0.3) is 0 Å². The molecule has 3 heterocycles. The van der Waals surface area contributed by atoms with Crippen LogP contribution in [0.2, 0.25) is 5.02 Å². The zero-order valence-corrected chi connectivity index (χ0v) is 23.5. The Hall–Kier alpha value is -3.98. The number of fused-ring (bicyclic) bond motifs is 1. The minimum absolute atomic E-state index is 0.0689. The molecule has 0 saturated heterocycles. The number of rotatable bonds is 8. The molecule has 13 heteroatoms. The maximum atomic E-state index is 13.9. The van der Waals surface area contributed by atoms with Gasteiger partial charge in [0.1, 0.15) is 11.8 Å². The van der Waals surface area contributed by atoms with E-state index in [4.69, 9.17) is 11.6 Å². The molecule has 0 radical (unpaired) electrons. The van der Waals surface area contributed by atoms with Gasteiger partial charge in [-0.15, -0.1) is 5.10 Å². The summed E-state index contributed by atoms with van der Waals surface area (Å²) in [6.45, 7) is 5.43. The van der Waals surface area contributed by atoms with Crippen molar-refractivity contribution in [3.8, 4) is 6.07 Å². The van der Waals surface area contributed by atoms with Gasteiger partial charge in [-0.3, -0.25) is 4.98 Å². The molecular formula is C28H27ClF4N8. The summed E-state index contributed by atoms with van der Waals surface area (Å²) in [6, 6.07) is 7.51. The quantitative estimate of drug-likeness (QED) is 0.171. The van der Waals surface area contributed by atoms with Gasteiger partial charge in [0, 0.05) is 35.1 Å². The normalized spacial score (nSPS) is 15.4. The molecule has 5 rings (SSSR count). The molecule has 1 fully saturated rings. The highest BCUT2D eigenvalue weighted by molar-refractivity contribution is 6.35. The lowest BCUT2D eigenvalue weighted by molar-refractivity contribution is -0.206. The Bertz CT molecular complexity index is 1670. The first-order valence-electron chi connectivity index (χ1n) is 12.9. The molecule has 0 spiro atoms. The average Bonchev–Trinajstić information content (AvgIpc) is 3.44. The molecule has 0 aliphatic heterocycles. The first-order valence-corrected chi connectivity index (χ1v) is 13.3. The van der Waals surface area contributed by atoms with Crippen LogP contribution in [-0.4, -0.2) is 37.7 Å². The smallest absolute Gasteiger partial charge is 0.382 e. The van der Waals surface area contributed by atoms with Gasteiger partial charge in [0.2, 0.25) is 5.95 Å². The molecule has 214 valence electrons. The molecule has 0 unspecified atom stereocenters. The Morgan fingerprint density at radius 1 is 1.22 bits per heavy atom. The Balaban J connectivity index is 1.59. The third-order valence-corrected chi connectivity index (χ3v) is 7.86. The first-order chi connectivity index (χ1) is 19.2. The molecule has 1 aliphatic carbocycles. The van der Waals surface area contributed by atoms with E-state index in [0.717, 1.165) is 26.7 Å². The molecule has 4 aromatic rings. The lowest BCUT2D eigenvalue weighted by Crippen LogP contribution is -2.38. The molecule has 8 nitrogen and oxygen atoms in total. The number of alkyl halides is 3. The van der Waals surface area contributed by atoms with E-state index in [1.54, 1.807) is 25.1 Å². The fraction of sp³-hybridized carbons (Fsp3) is 0.393. The average molecular weight is 587 g/mol. The zero-order valence-electron chi connectivity index (χ0n) is 22.7. The topological polar surface area (TPSA) is 104 Å². The maximum Gasteiger partial charge on any atom is 0.395 e. The summed E-state index contributed by atoms with van der Waals surface area (Å²) < 4.78 is 56.4. The van der Waals surface area contributed by atoms with E-state index in [0.29, 0.717) is 33.5 Å². The van der Waals surface area contributed by atoms with E-state index in [9.17, 15) is 22.8 Å². The summed E-state index contributed by atoms with van der Waals surface area (Å²) in [5, 5.41) is 25.2. The standard InChI is InChI=1S/C28H27ClF4N8/c1-15-18(5-6-22(30)37-15)25(21-13-41(40-39-21)27(4)7-8-27)38-17-9-19-23(36-14-26(2,3)28(31,32)33)16(11-34)12-35-24(19)20(29)10-17/h5-6,9-10,12-13,25,38H,7-8,14H2,1-4H3,(H,35,36)/t25-/m0/s1. The van der Waals surface area contributed by atoms with Crippen LogP contribution < -0.4 is 10.6 Å². The molecule has 1 atom stereocenters. The molecular weight excluding hydrogens is 560 g/mol. The zero-order chi connectivity index (χ0) is 29.7. The van der Waals surface area contributed by atoms with Crippen LogP contribution in [0, 0.1) is 29.6 Å². The predicted octanol–water partition coefficient (Wildman–Crippen LogP) is 6.90. The minimum atomic E-state index is -4.47. The second kappa shape index (κ2) is 10.1. The van der Waals surface area contributed by atoms with Crippen molar-refractivity contribution in [3.05, 3.63) is 70.1 Å². The third kappa shape index (κ3) is 5.51. The lowest BCUT2D eigenvalue weighted by Gasteiger charge is -2.28. The van der Waals surface area contributed by atoms with Gasteiger partial charge in [-0.2, -0.15) is 22.8 Å². The predicted molar refractivity (Wildman–Crippen MR) is 147 cm³/mol. The van der Waals surface area contributed by atoms with Gasteiger partial charge >= 0.3 is 6.18 Å². The van der Waals surface area contributed by atoms with Crippen LogP contribution >= 0.6 is 11.6 Å². The Morgan fingerprint density at radius 3 is 2.59 bits per heavy atom. The van der Waals surface area contributed by atoms with Gasteiger partial charge in [-0.1, -0.05) is 22.9 Å². The van der Waals surface area contributed by atoms with E-state index >= 15 is 0 Å². The highest BCUT2D eigenvalue weighted by atomic mass is 35.5. The first kappa shape index (κ1) is 28.5. The Kier molecular flexibility index (Phi) is 7.06. The summed E-state index contributed by atoms with van der Waals surface area (Å²) >= 11 is 6.60. The molecule has 3 aromatic heterocycles. The van der Waals surface area contributed by atoms with Crippen LogP contribution in [0.15, 0.2) is 36.7 Å². The summed E-state index contributed by atoms with van der Waals surface area (Å²) in [7, 11) is 0. The number of nitriles is 1. The van der Waals surface area contributed by atoms with Crippen molar-refractivity contribution in [2.24, 2.45) is 5.41 Å². The number of benzene rings is 1. The Morgan fingerprint density at radius 2 is 1.95 bits per heavy atom. The number of hydrogen-bond acceptors (Lipinski definition) is 7. The van der Waals surface area contributed by atoms with E-state index in [1.807, 2.05) is 16.9 Å².